The lowest BCUT2D eigenvalue weighted by molar-refractivity contribution is -0.142. The molecule has 40 heavy (non-hydrogen) atoms. The van der Waals surface area contributed by atoms with Crippen molar-refractivity contribution in [3.8, 4) is 11.5 Å². The minimum atomic E-state index is -1.15. The Labute approximate surface area is 237 Å². The molecule has 0 aromatic heterocycles. The van der Waals surface area contributed by atoms with Crippen molar-refractivity contribution in [2.45, 2.75) is 85.0 Å². The van der Waals surface area contributed by atoms with Crippen LogP contribution in [-0.4, -0.2) is 78.5 Å². The maximum Gasteiger partial charge on any atom is 0.407 e. The lowest BCUT2D eigenvalue weighted by Gasteiger charge is -2.32. The Kier molecular flexibility index (Phi) is 14.2. The van der Waals surface area contributed by atoms with Crippen LogP contribution in [0.4, 0.5) is 4.79 Å². The van der Waals surface area contributed by atoms with E-state index in [-0.39, 0.29) is 36.2 Å². The van der Waals surface area contributed by atoms with E-state index in [4.69, 9.17) is 18.9 Å². The second kappa shape index (κ2) is 16.3. The highest BCUT2D eigenvalue weighted by Gasteiger charge is 2.32. The van der Waals surface area contributed by atoms with Crippen LogP contribution in [0.1, 0.15) is 76.7 Å². The summed E-state index contributed by atoms with van der Waals surface area (Å²) in [6.07, 6.45) is -0.631. The predicted octanol–water partition coefficient (Wildman–Crippen LogP) is 4.38. The molecule has 1 aromatic carbocycles. The van der Waals surface area contributed by atoms with Gasteiger partial charge in [0, 0.05) is 20.1 Å². The lowest BCUT2D eigenvalue weighted by Crippen LogP contribution is -2.47. The van der Waals surface area contributed by atoms with Gasteiger partial charge in [0.05, 0.1) is 31.8 Å². The van der Waals surface area contributed by atoms with Crippen molar-refractivity contribution in [3.63, 3.8) is 0 Å². The molecule has 1 aromatic rings. The minimum Gasteiger partial charge on any atom is -0.493 e. The highest BCUT2D eigenvalue weighted by atomic mass is 16.6. The molecule has 0 saturated carbocycles. The first-order valence-electron chi connectivity index (χ1n) is 13.6. The van der Waals surface area contributed by atoms with E-state index in [9.17, 15) is 29.7 Å². The minimum absolute atomic E-state index is 0.0262. The van der Waals surface area contributed by atoms with Gasteiger partial charge in [-0.05, 0) is 63.5 Å². The van der Waals surface area contributed by atoms with Crippen molar-refractivity contribution in [2.75, 3.05) is 27.4 Å². The largest absolute Gasteiger partial charge is 0.493 e. The fourth-order valence-electron chi connectivity index (χ4n) is 4.28. The molecular weight excluding hydrogens is 522 g/mol. The monoisotopic (exact) mass is 569 g/mol. The summed E-state index contributed by atoms with van der Waals surface area (Å²) in [7, 11) is 3.01. The Morgan fingerprint density at radius 1 is 0.975 bits per heavy atom. The molecular formula is C29H47NO10. The predicted molar refractivity (Wildman–Crippen MR) is 149 cm³/mol. The van der Waals surface area contributed by atoms with E-state index in [1.165, 1.54) is 20.1 Å². The Morgan fingerprint density at radius 3 is 2.12 bits per heavy atom. The zero-order chi connectivity index (χ0) is 30.6. The normalized spacial score (nSPS) is 14.7. The number of carbonyl (C=O) groups excluding carboxylic acids is 1. The van der Waals surface area contributed by atoms with Gasteiger partial charge < -0.3 is 39.6 Å². The fourth-order valence-corrected chi connectivity index (χ4v) is 4.28. The van der Waals surface area contributed by atoms with Crippen LogP contribution in [0.2, 0.25) is 0 Å². The van der Waals surface area contributed by atoms with Crippen LogP contribution in [-0.2, 0) is 20.7 Å². The number of aliphatic hydroxyl groups is 1. The number of methoxy groups -OCH3 is 2. The Bertz CT molecular complexity index is 972. The molecule has 0 unspecified atom stereocenters. The van der Waals surface area contributed by atoms with Gasteiger partial charge in [0.25, 0.3) is 0 Å². The van der Waals surface area contributed by atoms with Gasteiger partial charge in [-0.25, -0.2) is 9.59 Å². The van der Waals surface area contributed by atoms with Gasteiger partial charge >= 0.3 is 18.0 Å². The van der Waals surface area contributed by atoms with Crippen molar-refractivity contribution in [2.24, 2.45) is 17.8 Å². The summed E-state index contributed by atoms with van der Waals surface area (Å²) in [6, 6.07) is 2.36. The van der Waals surface area contributed by atoms with Crippen LogP contribution in [0.5, 0.6) is 11.5 Å². The first-order valence-corrected chi connectivity index (χ1v) is 13.6. The molecule has 0 heterocycles. The Morgan fingerprint density at radius 2 is 1.62 bits per heavy atom. The number of rotatable bonds is 17. The topological polar surface area (TPSA) is 161 Å². The first kappa shape index (κ1) is 35.0. The van der Waals surface area contributed by atoms with Crippen molar-refractivity contribution in [1.82, 2.24) is 5.32 Å². The van der Waals surface area contributed by atoms with E-state index in [2.05, 4.69) is 5.32 Å². The average molecular weight is 570 g/mol. The number of aromatic carboxylic acids is 1. The third-order valence-corrected chi connectivity index (χ3v) is 6.53. The highest BCUT2D eigenvalue weighted by molar-refractivity contribution is 5.92. The molecule has 11 nitrogen and oxygen atoms in total. The quantitative estimate of drug-likeness (QED) is 0.198. The number of ether oxygens (including phenoxy) is 4. The van der Waals surface area contributed by atoms with Crippen molar-refractivity contribution in [3.05, 3.63) is 23.3 Å². The van der Waals surface area contributed by atoms with E-state index < -0.39 is 41.7 Å². The second-order valence-electron chi connectivity index (χ2n) is 11.4. The SMILES string of the molecule is COCCCOc1c(C(=O)O)ccc(C[C@@H](C[C@H](NC(=O)OC(C)(C)C)[C@@H](O)C[C@@H](C)C(=O)O)C(C)C)c1OC. The summed E-state index contributed by atoms with van der Waals surface area (Å²) in [5.74, 6) is -2.63. The molecule has 1 amide bonds. The van der Waals surface area contributed by atoms with Crippen LogP contribution in [0, 0.1) is 17.8 Å². The lowest BCUT2D eigenvalue weighted by atomic mass is 9.81. The van der Waals surface area contributed by atoms with Crippen LogP contribution < -0.4 is 14.8 Å². The summed E-state index contributed by atoms with van der Waals surface area (Å²) >= 11 is 0. The van der Waals surface area contributed by atoms with Crippen LogP contribution in [0.3, 0.4) is 0 Å². The highest BCUT2D eigenvalue weighted by Crippen LogP contribution is 2.38. The number of amides is 1. The number of hydrogen-bond acceptors (Lipinski definition) is 8. The van der Waals surface area contributed by atoms with E-state index >= 15 is 0 Å². The number of carboxylic acid groups (broad SMARTS) is 2. The average Bonchev–Trinajstić information content (AvgIpc) is 2.83. The Balaban J connectivity index is 3.35. The number of nitrogens with one attached hydrogen (secondary N) is 1. The molecule has 1 rings (SSSR count). The van der Waals surface area contributed by atoms with Crippen LogP contribution >= 0.6 is 0 Å². The van der Waals surface area contributed by atoms with E-state index in [0.29, 0.717) is 37.2 Å². The summed E-state index contributed by atoms with van der Waals surface area (Å²) in [6.45, 7) is 11.4. The summed E-state index contributed by atoms with van der Waals surface area (Å²) in [5, 5.41) is 32.8. The van der Waals surface area contributed by atoms with E-state index in [1.54, 1.807) is 33.9 Å². The van der Waals surface area contributed by atoms with Crippen LogP contribution in [0.25, 0.3) is 0 Å². The molecule has 0 fully saturated rings. The second-order valence-corrected chi connectivity index (χ2v) is 11.4. The molecule has 0 aliphatic heterocycles. The molecule has 0 aliphatic rings. The third-order valence-electron chi connectivity index (χ3n) is 6.53. The molecule has 4 atom stereocenters. The van der Waals surface area contributed by atoms with Crippen LogP contribution in [0.15, 0.2) is 12.1 Å². The maximum absolute atomic E-state index is 12.6. The number of alkyl carbamates (subject to hydrolysis) is 1. The molecule has 11 heteroatoms. The molecule has 0 aliphatic carbocycles. The fraction of sp³-hybridized carbons (Fsp3) is 0.690. The number of aliphatic hydroxyl groups excluding tert-OH is 1. The molecule has 228 valence electrons. The molecule has 4 N–H and O–H groups in total. The summed E-state index contributed by atoms with van der Waals surface area (Å²) in [4.78, 5) is 36.0. The van der Waals surface area contributed by atoms with Crippen molar-refractivity contribution >= 4 is 18.0 Å². The summed E-state index contributed by atoms with van der Waals surface area (Å²) < 4.78 is 21.9. The molecule has 0 bridgehead atoms. The number of carboxylic acids is 2. The number of benzene rings is 1. The van der Waals surface area contributed by atoms with Gasteiger partial charge in [-0.3, -0.25) is 4.79 Å². The zero-order valence-corrected chi connectivity index (χ0v) is 25.0. The summed E-state index contributed by atoms with van der Waals surface area (Å²) in [5.41, 5.74) is -0.0800. The molecule has 0 radical (unpaired) electrons. The number of hydrogen-bond donors (Lipinski definition) is 4. The maximum atomic E-state index is 12.6. The van der Waals surface area contributed by atoms with Gasteiger partial charge in [-0.15, -0.1) is 0 Å². The van der Waals surface area contributed by atoms with Gasteiger partial charge in [-0.1, -0.05) is 26.8 Å². The van der Waals surface area contributed by atoms with E-state index in [1.807, 2.05) is 13.8 Å². The van der Waals surface area contributed by atoms with Crippen molar-refractivity contribution < 1.29 is 48.7 Å². The first-order chi connectivity index (χ1) is 18.6. The number of aliphatic carboxylic acids is 1. The Hall–Kier alpha value is -3.05. The van der Waals surface area contributed by atoms with Gasteiger partial charge in [0.1, 0.15) is 11.2 Å². The van der Waals surface area contributed by atoms with E-state index in [0.717, 1.165) is 0 Å². The third kappa shape index (κ3) is 11.6. The smallest absolute Gasteiger partial charge is 0.407 e. The standard InChI is InChI=1S/C29H47NO10/c1-17(2)20(16-22(23(31)14-18(3)26(32)33)30-28(36)40-29(4,5)6)15-19-10-11-21(27(34)35)25(24(19)38-8)39-13-9-12-37-7/h10-11,17-18,20,22-23,31H,9,12-16H2,1-8H3,(H,30,36)(H,32,33)(H,34,35)/t18-,20+,22+,23+/m1/s1. The van der Waals surface area contributed by atoms with Gasteiger partial charge in [0.15, 0.2) is 11.5 Å². The molecule has 0 spiro atoms. The van der Waals surface area contributed by atoms with Gasteiger partial charge in [0.2, 0.25) is 0 Å². The van der Waals surface area contributed by atoms with Gasteiger partial charge in [-0.2, -0.15) is 0 Å². The molecule has 0 saturated heterocycles. The number of carbonyl (C=O) groups is 3. The van der Waals surface area contributed by atoms with Crippen molar-refractivity contribution in [1.29, 1.82) is 0 Å². The zero-order valence-electron chi connectivity index (χ0n) is 25.0.